The first-order valence-corrected chi connectivity index (χ1v) is 6.55. The number of hydrogen-bond acceptors (Lipinski definition) is 6. The number of halogens is 2. The molecule has 0 saturated carbocycles. The molecule has 8 heteroatoms. The Labute approximate surface area is 129 Å². The van der Waals surface area contributed by atoms with E-state index in [1.807, 2.05) is 0 Å². The quantitative estimate of drug-likeness (QED) is 0.718. The molecule has 0 bridgehead atoms. The largest absolute Gasteiger partial charge is 0.493 e. The van der Waals surface area contributed by atoms with Crippen molar-refractivity contribution < 1.29 is 22.7 Å². The van der Waals surface area contributed by atoms with Gasteiger partial charge in [-0.1, -0.05) is 6.07 Å². The van der Waals surface area contributed by atoms with Crippen LogP contribution in [-0.4, -0.2) is 28.9 Å². The first-order valence-electron chi connectivity index (χ1n) is 6.55. The highest BCUT2D eigenvalue weighted by atomic mass is 19.3. The molecule has 6 nitrogen and oxygen atoms in total. The molecule has 2 aromatic heterocycles. The van der Waals surface area contributed by atoms with E-state index in [0.717, 1.165) is 0 Å². The third kappa shape index (κ3) is 3.25. The van der Waals surface area contributed by atoms with Crippen LogP contribution in [0.25, 0.3) is 23.0 Å². The lowest BCUT2D eigenvalue weighted by Crippen LogP contribution is -2.03. The summed E-state index contributed by atoms with van der Waals surface area (Å²) in [6.07, 6.45) is 1.61. The van der Waals surface area contributed by atoms with Gasteiger partial charge < -0.3 is 13.9 Å². The lowest BCUT2D eigenvalue weighted by Gasteiger charge is -2.10. The fraction of sp³-hybridized carbons (Fsp3) is 0.133. The highest BCUT2D eigenvalue weighted by molar-refractivity contribution is 5.61. The van der Waals surface area contributed by atoms with E-state index in [1.165, 1.54) is 25.3 Å². The van der Waals surface area contributed by atoms with Gasteiger partial charge in [0.05, 0.1) is 7.11 Å². The molecule has 0 aliphatic rings. The molecule has 2 heterocycles. The summed E-state index contributed by atoms with van der Waals surface area (Å²) in [5.41, 5.74) is 1.05. The van der Waals surface area contributed by atoms with Crippen LogP contribution in [0.3, 0.4) is 0 Å². The maximum Gasteiger partial charge on any atom is 0.387 e. The second-order valence-electron chi connectivity index (χ2n) is 4.37. The van der Waals surface area contributed by atoms with Gasteiger partial charge in [0.1, 0.15) is 5.69 Å². The minimum absolute atomic E-state index is 0.0734. The number of benzene rings is 1. The van der Waals surface area contributed by atoms with E-state index in [-0.39, 0.29) is 23.3 Å². The molecular weight excluding hydrogens is 308 g/mol. The summed E-state index contributed by atoms with van der Waals surface area (Å²) in [6, 6.07) is 9.66. The van der Waals surface area contributed by atoms with E-state index >= 15 is 0 Å². The fourth-order valence-electron chi connectivity index (χ4n) is 1.93. The number of aromatic nitrogens is 3. The smallest absolute Gasteiger partial charge is 0.387 e. The normalized spacial score (nSPS) is 10.8. The zero-order valence-electron chi connectivity index (χ0n) is 11.9. The Morgan fingerprint density at radius 2 is 1.87 bits per heavy atom. The highest BCUT2D eigenvalue weighted by Gasteiger charge is 2.15. The first-order chi connectivity index (χ1) is 11.2. The second-order valence-corrected chi connectivity index (χ2v) is 4.37. The van der Waals surface area contributed by atoms with Crippen molar-refractivity contribution in [2.45, 2.75) is 6.61 Å². The van der Waals surface area contributed by atoms with Gasteiger partial charge in [-0.2, -0.15) is 8.78 Å². The predicted molar refractivity (Wildman–Crippen MR) is 76.1 cm³/mol. The number of alkyl halides is 2. The van der Waals surface area contributed by atoms with Crippen LogP contribution in [-0.2, 0) is 0 Å². The highest BCUT2D eigenvalue weighted by Crippen LogP contribution is 2.33. The van der Waals surface area contributed by atoms with Gasteiger partial charge in [0.25, 0.3) is 5.89 Å². The average Bonchev–Trinajstić information content (AvgIpc) is 3.05. The van der Waals surface area contributed by atoms with E-state index in [4.69, 9.17) is 9.15 Å². The molecule has 0 saturated heterocycles. The molecule has 0 N–H and O–H groups in total. The number of hydrogen-bond donors (Lipinski definition) is 0. The van der Waals surface area contributed by atoms with Crippen molar-refractivity contribution in [1.29, 1.82) is 0 Å². The molecule has 0 amide bonds. The van der Waals surface area contributed by atoms with Crippen molar-refractivity contribution in [2.75, 3.05) is 7.11 Å². The topological polar surface area (TPSA) is 70.3 Å². The number of methoxy groups -OCH3 is 1. The molecule has 0 unspecified atom stereocenters. The molecule has 0 radical (unpaired) electrons. The Morgan fingerprint density at radius 1 is 1.04 bits per heavy atom. The Kier molecular flexibility index (Phi) is 4.13. The van der Waals surface area contributed by atoms with Crippen LogP contribution in [0.1, 0.15) is 0 Å². The molecule has 0 spiro atoms. The average molecular weight is 319 g/mol. The minimum atomic E-state index is -2.94. The summed E-state index contributed by atoms with van der Waals surface area (Å²) in [5.74, 6) is 0.538. The van der Waals surface area contributed by atoms with E-state index in [9.17, 15) is 8.78 Å². The van der Waals surface area contributed by atoms with Crippen LogP contribution in [0.15, 0.2) is 47.0 Å². The molecule has 3 aromatic rings. The van der Waals surface area contributed by atoms with Crippen LogP contribution in [0.5, 0.6) is 11.5 Å². The summed E-state index contributed by atoms with van der Waals surface area (Å²) in [7, 11) is 1.35. The Bertz CT molecular complexity index is 794. The molecule has 23 heavy (non-hydrogen) atoms. The van der Waals surface area contributed by atoms with Crippen LogP contribution in [0.4, 0.5) is 8.78 Å². The maximum absolute atomic E-state index is 12.3. The third-order valence-electron chi connectivity index (χ3n) is 2.94. The van der Waals surface area contributed by atoms with Crippen molar-refractivity contribution in [3.63, 3.8) is 0 Å². The van der Waals surface area contributed by atoms with Crippen molar-refractivity contribution in [2.24, 2.45) is 0 Å². The lowest BCUT2D eigenvalue weighted by atomic mass is 10.2. The Hall–Kier alpha value is -3.03. The van der Waals surface area contributed by atoms with Crippen molar-refractivity contribution in [3.8, 4) is 34.5 Å². The van der Waals surface area contributed by atoms with E-state index < -0.39 is 6.61 Å². The number of nitrogens with zero attached hydrogens (tertiary/aromatic N) is 3. The zero-order valence-corrected chi connectivity index (χ0v) is 11.9. The summed E-state index contributed by atoms with van der Waals surface area (Å²) >= 11 is 0. The molecule has 0 atom stereocenters. The summed E-state index contributed by atoms with van der Waals surface area (Å²) in [4.78, 5) is 4.11. The summed E-state index contributed by atoms with van der Waals surface area (Å²) in [5, 5.41) is 7.85. The van der Waals surface area contributed by atoms with Gasteiger partial charge in [-0.3, -0.25) is 4.98 Å². The number of rotatable bonds is 5. The molecule has 0 fully saturated rings. The van der Waals surface area contributed by atoms with Gasteiger partial charge in [0.15, 0.2) is 11.5 Å². The van der Waals surface area contributed by atoms with Crippen LogP contribution in [0.2, 0.25) is 0 Å². The molecule has 0 aliphatic heterocycles. The molecule has 0 aliphatic carbocycles. The van der Waals surface area contributed by atoms with Gasteiger partial charge >= 0.3 is 6.61 Å². The summed E-state index contributed by atoms with van der Waals surface area (Å²) < 4.78 is 39.6. The standard InChI is InChI=1S/C15H11F2N3O3/c1-21-12-8-9(5-6-11(12)22-15(16)17)13-19-20-14(23-13)10-4-2-3-7-18-10/h2-8,15H,1H3. The van der Waals surface area contributed by atoms with Crippen molar-refractivity contribution in [3.05, 3.63) is 42.6 Å². The zero-order chi connectivity index (χ0) is 16.2. The van der Waals surface area contributed by atoms with E-state index in [2.05, 4.69) is 19.9 Å². The molecule has 118 valence electrons. The Balaban J connectivity index is 1.92. The monoisotopic (exact) mass is 319 g/mol. The molecule has 3 rings (SSSR count). The van der Waals surface area contributed by atoms with E-state index in [1.54, 1.807) is 24.4 Å². The van der Waals surface area contributed by atoms with Crippen LogP contribution >= 0.6 is 0 Å². The van der Waals surface area contributed by atoms with Gasteiger partial charge in [0, 0.05) is 11.8 Å². The fourth-order valence-corrected chi connectivity index (χ4v) is 1.93. The number of ether oxygens (including phenoxy) is 2. The van der Waals surface area contributed by atoms with Crippen LogP contribution < -0.4 is 9.47 Å². The Morgan fingerprint density at radius 3 is 2.57 bits per heavy atom. The lowest BCUT2D eigenvalue weighted by molar-refractivity contribution is -0.0512. The maximum atomic E-state index is 12.3. The van der Waals surface area contributed by atoms with E-state index in [0.29, 0.717) is 11.3 Å². The molecule has 1 aromatic carbocycles. The molecular formula is C15H11F2N3O3. The first kappa shape index (κ1) is 14.9. The SMILES string of the molecule is COc1cc(-c2nnc(-c3ccccn3)o2)ccc1OC(F)F. The second kappa shape index (κ2) is 6.39. The van der Waals surface area contributed by atoms with Gasteiger partial charge in [-0.15, -0.1) is 10.2 Å². The summed E-state index contributed by atoms with van der Waals surface area (Å²) in [6.45, 7) is -2.94. The van der Waals surface area contributed by atoms with Crippen molar-refractivity contribution >= 4 is 0 Å². The van der Waals surface area contributed by atoms with Gasteiger partial charge in [-0.25, -0.2) is 0 Å². The minimum Gasteiger partial charge on any atom is -0.493 e. The number of pyridine rings is 1. The van der Waals surface area contributed by atoms with Gasteiger partial charge in [-0.05, 0) is 30.3 Å². The van der Waals surface area contributed by atoms with Crippen molar-refractivity contribution in [1.82, 2.24) is 15.2 Å². The van der Waals surface area contributed by atoms with Gasteiger partial charge in [0.2, 0.25) is 5.89 Å². The predicted octanol–water partition coefficient (Wildman–Crippen LogP) is 3.41. The third-order valence-corrected chi connectivity index (χ3v) is 2.94. The van der Waals surface area contributed by atoms with Crippen LogP contribution in [0, 0.1) is 0 Å².